The average molecular weight is 386 g/mol. The van der Waals surface area contributed by atoms with Gasteiger partial charge in [-0.15, -0.1) is 0 Å². The minimum atomic E-state index is -3.75. The van der Waals surface area contributed by atoms with E-state index >= 15 is 0 Å². The second-order valence-corrected chi connectivity index (χ2v) is 9.43. The molecule has 1 aliphatic carbocycles. The van der Waals surface area contributed by atoms with E-state index in [2.05, 4.69) is 5.32 Å². The molecule has 0 radical (unpaired) electrons. The lowest BCUT2D eigenvalue weighted by Crippen LogP contribution is -2.42. The van der Waals surface area contributed by atoms with Crippen molar-refractivity contribution < 1.29 is 17.9 Å². The van der Waals surface area contributed by atoms with Gasteiger partial charge in [0.15, 0.2) is 4.75 Å². The Morgan fingerprint density at radius 2 is 1.81 bits per heavy atom. The highest BCUT2D eigenvalue weighted by Crippen LogP contribution is 2.58. The van der Waals surface area contributed by atoms with E-state index in [4.69, 9.17) is 4.74 Å². The van der Waals surface area contributed by atoms with Crippen molar-refractivity contribution in [2.75, 3.05) is 16.2 Å². The molecule has 0 unspecified atom stereocenters. The fraction of sp³-hybridized carbons (Fsp3) is 0.350. The number of amides is 1. The first-order valence-corrected chi connectivity index (χ1v) is 10.4. The standard InChI is InChI=1S/C20H22N2O4S/c1-14(2)26-18-10-8-16(9-11-18)21-19(23)20-12-15(20)13-22(27(20,24)25)17-6-4-3-5-7-17/h3-11,14-15H,12-13H2,1-2H3,(H,21,23)/t15-,20+/m1/s1. The molecule has 1 saturated carbocycles. The van der Waals surface area contributed by atoms with Gasteiger partial charge in [-0.05, 0) is 56.7 Å². The van der Waals surface area contributed by atoms with Crippen LogP contribution >= 0.6 is 0 Å². The van der Waals surface area contributed by atoms with Crippen molar-refractivity contribution in [3.05, 3.63) is 54.6 Å². The summed E-state index contributed by atoms with van der Waals surface area (Å²) in [6, 6.07) is 15.9. The minimum absolute atomic E-state index is 0.0594. The molecule has 2 aromatic carbocycles. The molecule has 0 bridgehead atoms. The molecule has 0 spiro atoms. The second kappa shape index (κ2) is 6.27. The maximum atomic E-state index is 13.1. The van der Waals surface area contributed by atoms with Crippen LogP contribution in [0, 0.1) is 5.92 Å². The number of hydrogen-bond donors (Lipinski definition) is 1. The number of anilines is 2. The molecular weight excluding hydrogens is 364 g/mol. The molecule has 0 aromatic heterocycles. The summed E-state index contributed by atoms with van der Waals surface area (Å²) in [6.07, 6.45) is 0.433. The van der Waals surface area contributed by atoms with Gasteiger partial charge in [0, 0.05) is 18.2 Å². The van der Waals surface area contributed by atoms with Crippen LogP contribution in [0.2, 0.25) is 0 Å². The summed E-state index contributed by atoms with van der Waals surface area (Å²) in [7, 11) is -3.75. The number of nitrogens with zero attached hydrogens (tertiary/aromatic N) is 1. The molecule has 1 aliphatic heterocycles. The Kier molecular flexibility index (Phi) is 4.14. The summed E-state index contributed by atoms with van der Waals surface area (Å²) < 4.78 is 31.8. The SMILES string of the molecule is CC(C)Oc1ccc(NC(=O)[C@]23C[C@@H]2CN(c2ccccc2)S3(=O)=O)cc1. The number of hydrogen-bond acceptors (Lipinski definition) is 4. The summed E-state index contributed by atoms with van der Waals surface area (Å²) in [5.74, 6) is 0.0731. The van der Waals surface area contributed by atoms with E-state index in [9.17, 15) is 13.2 Å². The van der Waals surface area contributed by atoms with E-state index in [-0.39, 0.29) is 12.0 Å². The van der Waals surface area contributed by atoms with Gasteiger partial charge in [0.05, 0.1) is 11.8 Å². The minimum Gasteiger partial charge on any atom is -0.491 e. The lowest BCUT2D eigenvalue weighted by atomic mass is 10.2. The molecule has 142 valence electrons. The lowest BCUT2D eigenvalue weighted by Gasteiger charge is -2.23. The summed E-state index contributed by atoms with van der Waals surface area (Å²) in [6.45, 7) is 4.22. The Morgan fingerprint density at radius 1 is 1.15 bits per heavy atom. The van der Waals surface area contributed by atoms with E-state index in [1.165, 1.54) is 4.31 Å². The van der Waals surface area contributed by atoms with Gasteiger partial charge in [0.25, 0.3) is 0 Å². The summed E-state index contributed by atoms with van der Waals surface area (Å²) in [5.41, 5.74) is 1.16. The van der Waals surface area contributed by atoms with Crippen molar-refractivity contribution >= 4 is 27.3 Å². The Labute approximate surface area is 159 Å². The molecule has 2 atom stereocenters. The number of carbonyl (C=O) groups excluding carboxylic acids is 1. The third-order valence-electron chi connectivity index (χ3n) is 5.10. The number of benzene rings is 2. The Hall–Kier alpha value is -2.54. The van der Waals surface area contributed by atoms with Crippen LogP contribution in [-0.2, 0) is 14.8 Å². The number of sulfonamides is 1. The molecule has 27 heavy (non-hydrogen) atoms. The van der Waals surface area contributed by atoms with Gasteiger partial charge < -0.3 is 10.1 Å². The fourth-order valence-electron chi connectivity index (χ4n) is 3.69. The van der Waals surface area contributed by atoms with E-state index in [0.29, 0.717) is 30.1 Å². The number of rotatable bonds is 5. The first kappa shape index (κ1) is 17.9. The van der Waals surface area contributed by atoms with E-state index in [0.717, 1.165) is 0 Å². The molecule has 6 nitrogen and oxygen atoms in total. The van der Waals surface area contributed by atoms with E-state index in [1.54, 1.807) is 48.5 Å². The van der Waals surface area contributed by atoms with Crippen molar-refractivity contribution in [3.63, 3.8) is 0 Å². The monoisotopic (exact) mass is 386 g/mol. The lowest BCUT2D eigenvalue weighted by molar-refractivity contribution is -0.116. The molecular formula is C20H22N2O4S. The summed E-state index contributed by atoms with van der Waals surface area (Å²) in [4.78, 5) is 12.9. The van der Waals surface area contributed by atoms with Crippen molar-refractivity contribution in [1.82, 2.24) is 0 Å². The van der Waals surface area contributed by atoms with Crippen LogP contribution in [0.3, 0.4) is 0 Å². The smallest absolute Gasteiger partial charge is 0.250 e. The largest absolute Gasteiger partial charge is 0.491 e. The summed E-state index contributed by atoms with van der Waals surface area (Å²) >= 11 is 0. The molecule has 2 aliphatic rings. The van der Waals surface area contributed by atoms with Crippen molar-refractivity contribution in [2.24, 2.45) is 5.92 Å². The van der Waals surface area contributed by atoms with Crippen molar-refractivity contribution in [1.29, 1.82) is 0 Å². The predicted molar refractivity (Wildman–Crippen MR) is 104 cm³/mol. The number of ether oxygens (including phenoxy) is 1. The second-order valence-electron chi connectivity index (χ2n) is 7.31. The highest BCUT2D eigenvalue weighted by Gasteiger charge is 2.75. The summed E-state index contributed by atoms with van der Waals surface area (Å²) in [5, 5.41) is 2.77. The van der Waals surface area contributed by atoms with Crippen LogP contribution < -0.4 is 14.4 Å². The quantitative estimate of drug-likeness (QED) is 0.857. The number of carbonyl (C=O) groups is 1. The first-order valence-electron chi connectivity index (χ1n) is 9.00. The predicted octanol–water partition coefficient (Wildman–Crippen LogP) is 3.02. The van der Waals surface area contributed by atoms with Crippen molar-refractivity contribution in [2.45, 2.75) is 31.1 Å². The van der Waals surface area contributed by atoms with Gasteiger partial charge in [-0.2, -0.15) is 0 Å². The molecule has 1 saturated heterocycles. The van der Waals surface area contributed by atoms with Crippen LogP contribution in [0.1, 0.15) is 20.3 Å². The van der Waals surface area contributed by atoms with Gasteiger partial charge in [0.2, 0.25) is 15.9 Å². The molecule has 7 heteroatoms. The van der Waals surface area contributed by atoms with E-state index < -0.39 is 20.7 Å². The van der Waals surface area contributed by atoms with Crippen LogP contribution in [0.5, 0.6) is 5.75 Å². The van der Waals surface area contributed by atoms with Gasteiger partial charge in [-0.25, -0.2) is 8.42 Å². The van der Waals surface area contributed by atoms with Crippen molar-refractivity contribution in [3.8, 4) is 5.75 Å². The fourth-order valence-corrected chi connectivity index (χ4v) is 6.05. The van der Waals surface area contributed by atoms with Crippen LogP contribution in [0.15, 0.2) is 54.6 Å². The zero-order chi connectivity index (χ0) is 19.2. The number of para-hydroxylation sites is 1. The van der Waals surface area contributed by atoms with Gasteiger partial charge in [-0.3, -0.25) is 9.10 Å². The molecule has 4 rings (SSSR count). The molecule has 2 aromatic rings. The van der Waals surface area contributed by atoms with Crippen LogP contribution in [0.4, 0.5) is 11.4 Å². The zero-order valence-electron chi connectivity index (χ0n) is 15.3. The highest BCUT2D eigenvalue weighted by molar-refractivity contribution is 7.95. The topological polar surface area (TPSA) is 75.7 Å². The Bertz CT molecular complexity index is 957. The maximum absolute atomic E-state index is 13.1. The molecule has 1 heterocycles. The molecule has 2 fully saturated rings. The van der Waals surface area contributed by atoms with Gasteiger partial charge in [-0.1, -0.05) is 18.2 Å². The van der Waals surface area contributed by atoms with Crippen LogP contribution in [0.25, 0.3) is 0 Å². The normalized spacial score (nSPS) is 25.1. The Balaban J connectivity index is 1.53. The zero-order valence-corrected chi connectivity index (χ0v) is 16.1. The Morgan fingerprint density at radius 3 is 2.44 bits per heavy atom. The molecule has 1 N–H and O–H groups in total. The maximum Gasteiger partial charge on any atom is 0.250 e. The van der Waals surface area contributed by atoms with Gasteiger partial charge in [0.1, 0.15) is 5.75 Å². The number of fused-ring (bicyclic) bond motifs is 1. The molecule has 1 amide bonds. The third kappa shape index (κ3) is 2.86. The number of nitrogens with one attached hydrogen (secondary N) is 1. The van der Waals surface area contributed by atoms with Crippen LogP contribution in [-0.4, -0.2) is 31.7 Å². The third-order valence-corrected chi connectivity index (χ3v) is 7.64. The van der Waals surface area contributed by atoms with Gasteiger partial charge >= 0.3 is 0 Å². The highest BCUT2D eigenvalue weighted by atomic mass is 32.2. The van der Waals surface area contributed by atoms with E-state index in [1.807, 2.05) is 19.9 Å². The first-order chi connectivity index (χ1) is 12.8. The average Bonchev–Trinajstić information content (AvgIpc) is 3.33.